The highest BCUT2D eigenvalue weighted by molar-refractivity contribution is 7.71. The molecule has 7 nitrogen and oxygen atoms in total. The molecular weight excluding hydrogens is 256 g/mol. The zero-order valence-corrected chi connectivity index (χ0v) is 9.65. The summed E-state index contributed by atoms with van der Waals surface area (Å²) >= 11 is 4.77. The van der Waals surface area contributed by atoms with Gasteiger partial charge >= 0.3 is 0 Å². The highest BCUT2D eigenvalue weighted by Gasteiger charge is 2.16. The Balaban J connectivity index is 2.25. The summed E-state index contributed by atoms with van der Waals surface area (Å²) in [6.45, 7) is 0. The van der Waals surface area contributed by atoms with Crippen molar-refractivity contribution in [3.05, 3.63) is 39.2 Å². The number of aromatic amines is 2. The number of benzene rings is 1. The highest BCUT2D eigenvalue weighted by Crippen LogP contribution is 2.28. The van der Waals surface area contributed by atoms with Crippen molar-refractivity contribution in [2.75, 3.05) is 0 Å². The number of H-pyrrole nitrogens is 2. The topological polar surface area (TPSA) is 101 Å². The lowest BCUT2D eigenvalue weighted by Crippen LogP contribution is -1.88. The van der Waals surface area contributed by atoms with E-state index < -0.39 is 4.92 Å². The molecule has 0 amide bonds. The van der Waals surface area contributed by atoms with Crippen LogP contribution in [-0.2, 0) is 0 Å². The fourth-order valence-corrected chi connectivity index (χ4v) is 1.88. The van der Waals surface area contributed by atoms with Crippen LogP contribution in [0.5, 0.6) is 0 Å². The van der Waals surface area contributed by atoms with E-state index in [1.807, 2.05) is 0 Å². The lowest BCUT2D eigenvalue weighted by atomic mass is 10.2. The number of nitro groups is 1. The number of para-hydroxylation sites is 1. The summed E-state index contributed by atoms with van der Waals surface area (Å²) in [5.74, 6) is 0.269. The van der Waals surface area contributed by atoms with Crippen molar-refractivity contribution >= 4 is 28.8 Å². The number of fused-ring (bicyclic) bond motifs is 1. The molecule has 1 aromatic carbocycles. The third-order valence-electron chi connectivity index (χ3n) is 2.50. The van der Waals surface area contributed by atoms with Gasteiger partial charge in [0.15, 0.2) is 0 Å². The molecule has 3 aromatic rings. The van der Waals surface area contributed by atoms with Gasteiger partial charge in [-0.1, -0.05) is 12.1 Å². The Morgan fingerprint density at radius 3 is 2.94 bits per heavy atom. The van der Waals surface area contributed by atoms with Gasteiger partial charge in [0.05, 0.1) is 4.92 Å². The Bertz CT molecular complexity index is 801. The molecule has 0 aliphatic carbocycles. The van der Waals surface area contributed by atoms with Gasteiger partial charge in [-0.25, -0.2) is 5.10 Å². The third kappa shape index (κ3) is 1.59. The lowest BCUT2D eigenvalue weighted by molar-refractivity contribution is -0.383. The van der Waals surface area contributed by atoms with E-state index in [0.717, 1.165) is 0 Å². The fraction of sp³-hybridized carbons (Fsp3) is 0. The smallest absolute Gasteiger partial charge is 0.293 e. The van der Waals surface area contributed by atoms with Gasteiger partial charge < -0.3 is 9.40 Å². The third-order valence-corrected chi connectivity index (χ3v) is 2.67. The van der Waals surface area contributed by atoms with E-state index >= 15 is 0 Å². The first-order chi connectivity index (χ1) is 8.65. The Hall–Kier alpha value is -2.48. The van der Waals surface area contributed by atoms with Gasteiger partial charge in [-0.3, -0.25) is 10.1 Å². The van der Waals surface area contributed by atoms with Crippen LogP contribution in [0.25, 0.3) is 22.5 Å². The predicted molar refractivity (Wildman–Crippen MR) is 65.6 cm³/mol. The second-order valence-electron chi connectivity index (χ2n) is 3.60. The highest BCUT2D eigenvalue weighted by atomic mass is 32.1. The molecule has 2 aromatic heterocycles. The summed E-state index contributed by atoms with van der Waals surface area (Å²) in [4.78, 5) is 13.5. The van der Waals surface area contributed by atoms with E-state index in [4.69, 9.17) is 16.6 Å². The van der Waals surface area contributed by atoms with Gasteiger partial charge in [-0.15, -0.1) is 5.10 Å². The Morgan fingerprint density at radius 2 is 2.28 bits per heavy atom. The van der Waals surface area contributed by atoms with Crippen molar-refractivity contribution in [2.45, 2.75) is 0 Å². The fourth-order valence-electron chi connectivity index (χ4n) is 1.75. The minimum Gasteiger partial charge on any atom is -0.408 e. The molecule has 2 N–H and O–H groups in total. The molecule has 0 atom stereocenters. The summed E-state index contributed by atoms with van der Waals surface area (Å²) in [6, 6.07) is 6.54. The van der Waals surface area contributed by atoms with E-state index in [1.54, 1.807) is 18.2 Å². The van der Waals surface area contributed by atoms with E-state index in [9.17, 15) is 10.1 Å². The van der Waals surface area contributed by atoms with Crippen LogP contribution in [0.3, 0.4) is 0 Å². The standard InChI is InChI=1S/C10H6N4O3S/c15-14(16)7-3-1-2-5-4-6(11-8(5)7)9-12-13-10(18)17-9/h1-4,11H,(H,13,18). The van der Waals surface area contributed by atoms with Gasteiger partial charge in [-0.05, 0) is 18.3 Å². The molecule has 0 saturated carbocycles. The molecule has 0 unspecified atom stereocenters. The molecule has 0 bridgehead atoms. The second kappa shape index (κ2) is 3.77. The van der Waals surface area contributed by atoms with Crippen LogP contribution in [0, 0.1) is 15.0 Å². The number of non-ortho nitro benzene ring substituents is 1. The monoisotopic (exact) mass is 262 g/mol. The Labute approximate surface area is 105 Å². The number of hydrogen-bond donors (Lipinski definition) is 2. The molecule has 90 valence electrons. The maximum Gasteiger partial charge on any atom is 0.293 e. The van der Waals surface area contributed by atoms with E-state index in [0.29, 0.717) is 16.6 Å². The van der Waals surface area contributed by atoms with Crippen molar-refractivity contribution in [1.29, 1.82) is 0 Å². The molecule has 18 heavy (non-hydrogen) atoms. The van der Waals surface area contributed by atoms with Crippen LogP contribution in [0.15, 0.2) is 28.7 Å². The van der Waals surface area contributed by atoms with Crippen LogP contribution in [0.2, 0.25) is 0 Å². The second-order valence-corrected chi connectivity index (χ2v) is 3.97. The van der Waals surface area contributed by atoms with Crippen LogP contribution in [0.1, 0.15) is 0 Å². The zero-order valence-electron chi connectivity index (χ0n) is 8.84. The van der Waals surface area contributed by atoms with Crippen molar-refractivity contribution in [3.63, 3.8) is 0 Å². The Morgan fingerprint density at radius 1 is 1.44 bits per heavy atom. The minimum absolute atomic E-state index is 0.00730. The molecule has 0 fully saturated rings. The van der Waals surface area contributed by atoms with Crippen molar-refractivity contribution in [1.82, 2.24) is 15.2 Å². The molecule has 0 radical (unpaired) electrons. The summed E-state index contributed by atoms with van der Waals surface area (Å²) in [6.07, 6.45) is 0. The van der Waals surface area contributed by atoms with E-state index in [1.165, 1.54) is 6.07 Å². The minimum atomic E-state index is -0.442. The number of nitrogens with one attached hydrogen (secondary N) is 2. The summed E-state index contributed by atoms with van der Waals surface area (Å²) in [7, 11) is 0. The van der Waals surface area contributed by atoms with Gasteiger partial charge in [0.2, 0.25) is 0 Å². The first kappa shape index (κ1) is 10.7. The SMILES string of the molecule is O=[N+]([O-])c1cccc2cc(-c3n[nH]c(=S)o3)[nH]c12. The average Bonchev–Trinajstić information content (AvgIpc) is 2.93. The number of aromatic nitrogens is 3. The molecule has 2 heterocycles. The molecule has 0 aliphatic heterocycles. The first-order valence-corrected chi connectivity index (χ1v) is 5.38. The van der Waals surface area contributed by atoms with Crippen LogP contribution >= 0.6 is 12.2 Å². The van der Waals surface area contributed by atoms with Crippen LogP contribution in [0.4, 0.5) is 5.69 Å². The molecule has 0 saturated heterocycles. The van der Waals surface area contributed by atoms with Gasteiger partial charge in [0.25, 0.3) is 16.4 Å². The summed E-state index contributed by atoms with van der Waals surface area (Å²) in [5.41, 5.74) is 0.973. The van der Waals surface area contributed by atoms with Gasteiger partial charge in [0, 0.05) is 11.5 Å². The Kier molecular flexibility index (Phi) is 2.23. The van der Waals surface area contributed by atoms with Crippen molar-refractivity contribution in [3.8, 4) is 11.6 Å². The molecule has 8 heteroatoms. The number of nitrogens with zero attached hydrogens (tertiary/aromatic N) is 2. The summed E-state index contributed by atoms with van der Waals surface area (Å²) < 4.78 is 5.15. The average molecular weight is 262 g/mol. The van der Waals surface area contributed by atoms with Crippen molar-refractivity contribution in [2.24, 2.45) is 0 Å². The maximum atomic E-state index is 10.9. The maximum absolute atomic E-state index is 10.9. The normalized spacial score (nSPS) is 10.9. The van der Waals surface area contributed by atoms with E-state index in [2.05, 4.69) is 15.2 Å². The first-order valence-electron chi connectivity index (χ1n) is 4.97. The molecular formula is C10H6N4O3S. The quantitative estimate of drug-likeness (QED) is 0.420. The lowest BCUT2D eigenvalue weighted by Gasteiger charge is -1.92. The number of rotatable bonds is 2. The summed E-state index contributed by atoms with van der Waals surface area (Å²) in [5, 5.41) is 18.0. The number of hydrogen-bond acceptors (Lipinski definition) is 5. The largest absolute Gasteiger partial charge is 0.408 e. The van der Waals surface area contributed by atoms with Gasteiger partial charge in [-0.2, -0.15) is 0 Å². The molecule has 3 rings (SSSR count). The van der Waals surface area contributed by atoms with Crippen LogP contribution < -0.4 is 0 Å². The van der Waals surface area contributed by atoms with Crippen LogP contribution in [-0.4, -0.2) is 20.1 Å². The van der Waals surface area contributed by atoms with Crippen molar-refractivity contribution < 1.29 is 9.34 Å². The number of nitro benzene ring substituents is 1. The molecule has 0 spiro atoms. The predicted octanol–water partition coefficient (Wildman–Crippen LogP) is 2.79. The zero-order chi connectivity index (χ0) is 12.7. The molecule has 0 aliphatic rings. The van der Waals surface area contributed by atoms with Gasteiger partial charge in [0.1, 0.15) is 11.2 Å². The van der Waals surface area contributed by atoms with E-state index in [-0.39, 0.29) is 16.4 Å².